The Hall–Kier alpha value is -4.35. The van der Waals surface area contributed by atoms with Crippen molar-refractivity contribution in [3.63, 3.8) is 0 Å². The van der Waals surface area contributed by atoms with Gasteiger partial charge in [-0.05, 0) is 66.9 Å². The van der Waals surface area contributed by atoms with Crippen LogP contribution in [0, 0.1) is 6.92 Å². The minimum absolute atomic E-state index is 0.101. The fraction of sp³-hybridized carbons (Fsp3) is 0.257. The van der Waals surface area contributed by atoms with Gasteiger partial charge in [-0.1, -0.05) is 84.8 Å². The van der Waals surface area contributed by atoms with Gasteiger partial charge in [-0.25, -0.2) is 8.42 Å². The lowest BCUT2D eigenvalue weighted by atomic mass is 10.0. The Morgan fingerprint density at radius 3 is 2.15 bits per heavy atom. The number of aryl methyl sites for hydroxylation is 1. The van der Waals surface area contributed by atoms with Gasteiger partial charge in [0, 0.05) is 24.5 Å². The molecule has 0 spiro atoms. The van der Waals surface area contributed by atoms with Gasteiger partial charge in [0.1, 0.15) is 12.6 Å². The van der Waals surface area contributed by atoms with Gasteiger partial charge in [0.05, 0.1) is 16.1 Å². The maximum atomic E-state index is 14.4. The number of amides is 2. The molecule has 248 valence electrons. The van der Waals surface area contributed by atoms with Crippen LogP contribution in [-0.2, 0) is 38.8 Å². The van der Waals surface area contributed by atoms with Gasteiger partial charge in [-0.15, -0.1) is 0 Å². The Kier molecular flexibility index (Phi) is 11.7. The van der Waals surface area contributed by atoms with Crippen LogP contribution in [0.4, 0.5) is 18.9 Å². The number of hydrogen-bond donors (Lipinski definition) is 1. The van der Waals surface area contributed by atoms with Crippen molar-refractivity contribution in [3.05, 3.63) is 130 Å². The van der Waals surface area contributed by atoms with Gasteiger partial charge in [-0.2, -0.15) is 13.2 Å². The van der Waals surface area contributed by atoms with E-state index in [4.69, 9.17) is 11.6 Å². The minimum Gasteiger partial charge on any atom is -0.354 e. The van der Waals surface area contributed by atoms with Crippen molar-refractivity contribution < 1.29 is 31.2 Å². The number of nitrogens with one attached hydrogen (secondary N) is 1. The molecule has 47 heavy (non-hydrogen) atoms. The highest BCUT2D eigenvalue weighted by Crippen LogP contribution is 2.33. The highest BCUT2D eigenvalue weighted by atomic mass is 35.5. The first kappa shape index (κ1) is 35.5. The van der Waals surface area contributed by atoms with E-state index in [-0.39, 0.29) is 23.5 Å². The summed E-state index contributed by atoms with van der Waals surface area (Å²) < 4.78 is 70.1. The first-order chi connectivity index (χ1) is 22.3. The van der Waals surface area contributed by atoms with Gasteiger partial charge < -0.3 is 10.2 Å². The molecule has 0 radical (unpaired) electrons. The number of sulfonamides is 1. The van der Waals surface area contributed by atoms with Crippen LogP contribution >= 0.6 is 11.6 Å². The Morgan fingerprint density at radius 1 is 0.872 bits per heavy atom. The van der Waals surface area contributed by atoms with Crippen LogP contribution < -0.4 is 9.62 Å². The molecule has 0 saturated carbocycles. The molecule has 0 aliphatic carbocycles. The van der Waals surface area contributed by atoms with Crippen molar-refractivity contribution >= 4 is 39.1 Å². The number of anilines is 1. The average Bonchev–Trinajstić information content (AvgIpc) is 3.05. The van der Waals surface area contributed by atoms with E-state index >= 15 is 0 Å². The van der Waals surface area contributed by atoms with Gasteiger partial charge in [-0.3, -0.25) is 13.9 Å². The molecule has 4 aromatic carbocycles. The Morgan fingerprint density at radius 2 is 1.53 bits per heavy atom. The third-order valence-electron chi connectivity index (χ3n) is 7.44. The monoisotopic (exact) mass is 685 g/mol. The standard InChI is InChI=1S/C35H35ClF3N3O4S/c1-3-20-40-34(44)32(21-26-8-5-4-6-9-26)41(23-27-14-16-29(36)17-15-27)33(43)24-42(30-11-7-10-28(22-30)35(37,38)39)47(45,46)31-18-12-25(2)13-19-31/h4-19,22,32H,3,20-21,23-24H2,1-2H3,(H,40,44)/t32-/m1/s1. The second-order valence-electron chi connectivity index (χ2n) is 11.0. The summed E-state index contributed by atoms with van der Waals surface area (Å²) in [6.45, 7) is 3.00. The summed E-state index contributed by atoms with van der Waals surface area (Å²) in [5.74, 6) is -1.24. The second-order valence-corrected chi connectivity index (χ2v) is 13.3. The highest BCUT2D eigenvalue weighted by Gasteiger charge is 2.36. The van der Waals surface area contributed by atoms with Crippen molar-refractivity contribution in [2.45, 2.75) is 50.3 Å². The topological polar surface area (TPSA) is 86.8 Å². The Labute approximate surface area is 278 Å². The molecule has 0 fully saturated rings. The fourth-order valence-corrected chi connectivity index (χ4v) is 6.44. The van der Waals surface area contributed by atoms with Crippen LogP contribution in [0.3, 0.4) is 0 Å². The van der Waals surface area contributed by atoms with E-state index < -0.39 is 46.2 Å². The number of nitrogens with zero attached hydrogens (tertiary/aromatic N) is 2. The largest absolute Gasteiger partial charge is 0.416 e. The zero-order valence-electron chi connectivity index (χ0n) is 25.9. The summed E-state index contributed by atoms with van der Waals surface area (Å²) in [6.07, 6.45) is -4.03. The van der Waals surface area contributed by atoms with Gasteiger partial charge >= 0.3 is 6.18 Å². The van der Waals surface area contributed by atoms with Crippen LogP contribution in [-0.4, -0.2) is 44.3 Å². The average molecular weight is 686 g/mol. The fourth-order valence-electron chi connectivity index (χ4n) is 4.91. The summed E-state index contributed by atoms with van der Waals surface area (Å²) in [6, 6.07) is 24.1. The molecular weight excluding hydrogens is 651 g/mol. The van der Waals surface area contributed by atoms with Crippen molar-refractivity contribution in [2.75, 3.05) is 17.4 Å². The summed E-state index contributed by atoms with van der Waals surface area (Å²) in [5, 5.41) is 3.29. The zero-order valence-corrected chi connectivity index (χ0v) is 27.4. The second kappa shape index (κ2) is 15.5. The zero-order chi connectivity index (χ0) is 34.2. The number of carbonyl (C=O) groups excluding carboxylic acids is 2. The summed E-state index contributed by atoms with van der Waals surface area (Å²) in [5.41, 5.74) is 0.693. The molecule has 0 aromatic heterocycles. The lowest BCUT2D eigenvalue weighted by Gasteiger charge is -2.34. The van der Waals surface area contributed by atoms with Crippen LogP contribution in [0.1, 0.15) is 35.6 Å². The summed E-state index contributed by atoms with van der Waals surface area (Å²) >= 11 is 6.09. The number of rotatable bonds is 13. The van der Waals surface area contributed by atoms with Crippen LogP contribution in [0.2, 0.25) is 5.02 Å². The third-order valence-corrected chi connectivity index (χ3v) is 9.48. The van der Waals surface area contributed by atoms with Crippen molar-refractivity contribution in [1.82, 2.24) is 10.2 Å². The van der Waals surface area contributed by atoms with E-state index in [9.17, 15) is 31.2 Å². The molecule has 1 atom stereocenters. The maximum Gasteiger partial charge on any atom is 0.416 e. The number of alkyl halides is 3. The molecule has 0 aliphatic rings. The van der Waals surface area contributed by atoms with Gasteiger partial charge in [0.25, 0.3) is 10.0 Å². The minimum atomic E-state index is -4.77. The van der Waals surface area contributed by atoms with E-state index in [0.29, 0.717) is 33.9 Å². The molecule has 0 aliphatic heterocycles. The number of hydrogen-bond acceptors (Lipinski definition) is 4. The highest BCUT2D eigenvalue weighted by molar-refractivity contribution is 7.92. The smallest absolute Gasteiger partial charge is 0.354 e. The molecule has 0 heterocycles. The van der Waals surface area contributed by atoms with E-state index in [1.54, 1.807) is 55.5 Å². The lowest BCUT2D eigenvalue weighted by Crippen LogP contribution is -2.53. The quantitative estimate of drug-likeness (QED) is 0.164. The molecular formula is C35H35ClF3N3O4S. The van der Waals surface area contributed by atoms with E-state index in [2.05, 4.69) is 5.32 Å². The molecule has 4 rings (SSSR count). The SMILES string of the molecule is CCCNC(=O)[C@@H](Cc1ccccc1)N(Cc1ccc(Cl)cc1)C(=O)CN(c1cccc(C(F)(F)F)c1)S(=O)(=O)c1ccc(C)cc1. The molecule has 1 N–H and O–H groups in total. The first-order valence-corrected chi connectivity index (χ1v) is 16.7. The van der Waals surface area contributed by atoms with Crippen molar-refractivity contribution in [3.8, 4) is 0 Å². The lowest BCUT2D eigenvalue weighted by molar-refractivity contribution is -0.140. The Bertz CT molecular complexity index is 1770. The van der Waals surface area contributed by atoms with Gasteiger partial charge in [0.2, 0.25) is 11.8 Å². The van der Waals surface area contributed by atoms with Crippen LogP contribution in [0.25, 0.3) is 0 Å². The number of benzene rings is 4. The maximum absolute atomic E-state index is 14.4. The summed E-state index contributed by atoms with van der Waals surface area (Å²) in [4.78, 5) is 29.1. The van der Waals surface area contributed by atoms with Crippen molar-refractivity contribution in [2.24, 2.45) is 0 Å². The predicted molar refractivity (Wildman–Crippen MR) is 176 cm³/mol. The normalized spacial score (nSPS) is 12.3. The van der Waals surface area contributed by atoms with Crippen LogP contribution in [0.15, 0.2) is 108 Å². The van der Waals surface area contributed by atoms with Gasteiger partial charge in [0.15, 0.2) is 0 Å². The molecule has 12 heteroatoms. The van der Waals surface area contributed by atoms with E-state index in [1.165, 1.54) is 23.1 Å². The number of halogens is 4. The predicted octanol–water partition coefficient (Wildman–Crippen LogP) is 7.03. The van der Waals surface area contributed by atoms with E-state index in [1.807, 2.05) is 25.1 Å². The molecule has 4 aromatic rings. The Balaban J connectivity index is 1.83. The van der Waals surface area contributed by atoms with Crippen LogP contribution in [0.5, 0.6) is 0 Å². The summed E-state index contributed by atoms with van der Waals surface area (Å²) in [7, 11) is -4.56. The molecule has 0 bridgehead atoms. The third kappa shape index (κ3) is 9.36. The molecule has 7 nitrogen and oxygen atoms in total. The molecule has 0 unspecified atom stereocenters. The van der Waals surface area contributed by atoms with Crippen molar-refractivity contribution in [1.29, 1.82) is 0 Å². The number of carbonyl (C=O) groups is 2. The first-order valence-electron chi connectivity index (χ1n) is 14.9. The molecule has 2 amide bonds. The molecule has 0 saturated heterocycles. The van der Waals surface area contributed by atoms with E-state index in [0.717, 1.165) is 23.3 Å².